The van der Waals surface area contributed by atoms with Gasteiger partial charge < -0.3 is 14.6 Å². The van der Waals surface area contributed by atoms with Crippen molar-refractivity contribution in [3.8, 4) is 5.75 Å². The van der Waals surface area contributed by atoms with Gasteiger partial charge in [-0.05, 0) is 37.6 Å². The molecule has 2 atom stereocenters. The Morgan fingerprint density at radius 1 is 1.43 bits per heavy atom. The maximum absolute atomic E-state index is 11.0. The van der Waals surface area contributed by atoms with Crippen LogP contribution >= 0.6 is 0 Å². The van der Waals surface area contributed by atoms with Gasteiger partial charge in [0.15, 0.2) is 0 Å². The molecule has 1 aromatic carbocycles. The summed E-state index contributed by atoms with van der Waals surface area (Å²) in [5, 5.41) is 14.1. The van der Waals surface area contributed by atoms with Gasteiger partial charge in [0.1, 0.15) is 5.75 Å². The van der Waals surface area contributed by atoms with Crippen molar-refractivity contribution in [3.05, 3.63) is 29.8 Å². The fourth-order valence-electron chi connectivity index (χ4n) is 3.06. The van der Waals surface area contributed by atoms with E-state index in [1.165, 1.54) is 12.1 Å². The zero-order valence-electron chi connectivity index (χ0n) is 11.9. The van der Waals surface area contributed by atoms with Crippen molar-refractivity contribution in [3.63, 3.8) is 0 Å². The molecule has 3 N–H and O–H groups in total. The van der Waals surface area contributed by atoms with Crippen LogP contribution in [-0.4, -0.2) is 31.7 Å². The lowest BCUT2D eigenvalue weighted by Gasteiger charge is -2.40. The lowest BCUT2D eigenvalue weighted by molar-refractivity contribution is -0.0530. The van der Waals surface area contributed by atoms with Crippen molar-refractivity contribution in [2.75, 3.05) is 13.6 Å². The summed E-state index contributed by atoms with van der Waals surface area (Å²) < 4.78 is 34.8. The van der Waals surface area contributed by atoms with Crippen molar-refractivity contribution in [2.45, 2.75) is 31.3 Å². The quantitative estimate of drug-likeness (QED) is 0.712. The van der Waals surface area contributed by atoms with Gasteiger partial charge in [0, 0.05) is 12.5 Å². The second-order valence-corrected chi connectivity index (χ2v) is 6.49. The van der Waals surface area contributed by atoms with Crippen LogP contribution in [0.25, 0.3) is 0 Å². The molecule has 0 heterocycles. The van der Waals surface area contributed by atoms with Gasteiger partial charge >= 0.3 is 10.4 Å². The summed E-state index contributed by atoms with van der Waals surface area (Å²) >= 11 is 0. The topological polar surface area (TPSA) is 95.9 Å². The van der Waals surface area contributed by atoms with E-state index in [0.29, 0.717) is 18.5 Å². The smallest absolute Gasteiger partial charge is 0.385 e. The molecule has 2 rings (SSSR count). The number of hydrogen-bond acceptors (Lipinski definition) is 5. The lowest BCUT2D eigenvalue weighted by atomic mass is 9.71. The number of nitrogens with one attached hydrogen (secondary N) is 1. The van der Waals surface area contributed by atoms with Gasteiger partial charge in [-0.3, -0.25) is 4.55 Å². The van der Waals surface area contributed by atoms with Crippen molar-refractivity contribution in [1.82, 2.24) is 5.32 Å². The van der Waals surface area contributed by atoms with E-state index in [1.807, 2.05) is 7.05 Å². The highest BCUT2D eigenvalue weighted by Gasteiger charge is 2.40. The van der Waals surface area contributed by atoms with Gasteiger partial charge in [-0.25, -0.2) is 0 Å². The summed E-state index contributed by atoms with van der Waals surface area (Å²) in [5.74, 6) is 0.0504. The molecule has 0 amide bonds. The summed E-state index contributed by atoms with van der Waals surface area (Å²) in [5.41, 5.74) is -0.400. The Labute approximate surface area is 125 Å². The monoisotopic (exact) mass is 315 g/mol. The molecule has 118 valence electrons. The first-order valence-electron chi connectivity index (χ1n) is 6.99. The minimum atomic E-state index is -4.56. The van der Waals surface area contributed by atoms with E-state index in [1.54, 1.807) is 12.1 Å². The van der Waals surface area contributed by atoms with Crippen LogP contribution in [0, 0.1) is 5.92 Å². The van der Waals surface area contributed by atoms with E-state index in [-0.39, 0.29) is 11.7 Å². The van der Waals surface area contributed by atoms with Crippen LogP contribution < -0.4 is 9.50 Å². The minimum Gasteiger partial charge on any atom is -0.385 e. The molecule has 1 aliphatic rings. The lowest BCUT2D eigenvalue weighted by Crippen LogP contribution is -2.42. The molecule has 1 aromatic rings. The van der Waals surface area contributed by atoms with Gasteiger partial charge in [0.25, 0.3) is 0 Å². The van der Waals surface area contributed by atoms with E-state index < -0.39 is 16.0 Å². The fourth-order valence-corrected chi connectivity index (χ4v) is 3.41. The Kier molecular flexibility index (Phi) is 4.88. The standard InChI is InChI=1S/C14H21NO5S/c1-15-10-12-5-2-3-8-14(12,16)11-6-4-7-13(9-11)20-21(17,18)19/h4,6-7,9,12,15-16H,2-3,5,8,10H2,1H3,(H,17,18,19). The predicted octanol–water partition coefficient (Wildman–Crippen LogP) is 1.47. The number of aliphatic hydroxyl groups is 1. The maximum Gasteiger partial charge on any atom is 0.446 e. The van der Waals surface area contributed by atoms with E-state index in [9.17, 15) is 13.5 Å². The third kappa shape index (κ3) is 3.94. The number of rotatable bonds is 5. The van der Waals surface area contributed by atoms with Crippen LogP contribution in [0.5, 0.6) is 5.75 Å². The number of hydrogen-bond donors (Lipinski definition) is 3. The van der Waals surface area contributed by atoms with Crippen LogP contribution in [0.4, 0.5) is 0 Å². The van der Waals surface area contributed by atoms with Crippen LogP contribution in [0.3, 0.4) is 0 Å². The van der Waals surface area contributed by atoms with E-state index in [2.05, 4.69) is 9.50 Å². The molecule has 0 radical (unpaired) electrons. The fraction of sp³-hybridized carbons (Fsp3) is 0.571. The van der Waals surface area contributed by atoms with Gasteiger partial charge in [-0.2, -0.15) is 8.42 Å². The highest BCUT2D eigenvalue weighted by Crippen LogP contribution is 2.42. The first-order chi connectivity index (χ1) is 9.85. The van der Waals surface area contributed by atoms with E-state index in [4.69, 9.17) is 4.55 Å². The molecule has 0 aromatic heterocycles. The Morgan fingerprint density at radius 2 is 2.19 bits per heavy atom. The Morgan fingerprint density at radius 3 is 2.86 bits per heavy atom. The average molecular weight is 315 g/mol. The Balaban J connectivity index is 2.32. The molecule has 6 nitrogen and oxygen atoms in total. The molecule has 1 aliphatic carbocycles. The third-order valence-electron chi connectivity index (χ3n) is 4.02. The number of benzene rings is 1. The minimum absolute atomic E-state index is 0.00259. The van der Waals surface area contributed by atoms with Crippen molar-refractivity contribution in [2.24, 2.45) is 5.92 Å². The molecule has 0 bridgehead atoms. The molecule has 7 heteroatoms. The first-order valence-corrected chi connectivity index (χ1v) is 8.36. The van der Waals surface area contributed by atoms with E-state index >= 15 is 0 Å². The molecule has 1 fully saturated rings. The molecule has 0 spiro atoms. The first kappa shape index (κ1) is 16.2. The SMILES string of the molecule is CNCC1CCCCC1(O)c1cccc(OS(=O)(=O)O)c1. The zero-order valence-corrected chi connectivity index (χ0v) is 12.8. The second kappa shape index (κ2) is 6.31. The van der Waals surface area contributed by atoms with Gasteiger partial charge in [-0.1, -0.05) is 25.0 Å². The Bertz CT molecular complexity index is 587. The summed E-state index contributed by atoms with van der Waals surface area (Å²) in [6.45, 7) is 0.680. The maximum atomic E-state index is 11.0. The highest BCUT2D eigenvalue weighted by molar-refractivity contribution is 7.81. The zero-order chi connectivity index (χ0) is 15.5. The molecule has 21 heavy (non-hydrogen) atoms. The summed E-state index contributed by atoms with van der Waals surface area (Å²) in [6.07, 6.45) is 3.51. The Hall–Kier alpha value is -1.15. The molecule has 0 saturated heterocycles. The molecular formula is C14H21NO5S. The summed E-state index contributed by atoms with van der Waals surface area (Å²) in [7, 11) is -2.72. The van der Waals surface area contributed by atoms with Crippen molar-refractivity contribution >= 4 is 10.4 Å². The average Bonchev–Trinajstić information content (AvgIpc) is 2.40. The van der Waals surface area contributed by atoms with Gasteiger partial charge in [0.05, 0.1) is 5.60 Å². The van der Waals surface area contributed by atoms with Crippen LogP contribution in [-0.2, 0) is 16.0 Å². The highest BCUT2D eigenvalue weighted by atomic mass is 32.3. The van der Waals surface area contributed by atoms with Crippen LogP contribution in [0.15, 0.2) is 24.3 Å². The van der Waals surface area contributed by atoms with Crippen LogP contribution in [0.1, 0.15) is 31.2 Å². The van der Waals surface area contributed by atoms with E-state index in [0.717, 1.165) is 19.3 Å². The largest absolute Gasteiger partial charge is 0.446 e. The molecular weight excluding hydrogens is 294 g/mol. The summed E-state index contributed by atoms with van der Waals surface area (Å²) in [6, 6.07) is 6.27. The molecule has 2 unspecified atom stereocenters. The third-order valence-corrected chi connectivity index (χ3v) is 4.42. The van der Waals surface area contributed by atoms with Crippen molar-refractivity contribution in [1.29, 1.82) is 0 Å². The molecule has 0 aliphatic heterocycles. The second-order valence-electron chi connectivity index (χ2n) is 5.46. The molecule has 1 saturated carbocycles. The normalized spacial score (nSPS) is 26.5. The predicted molar refractivity (Wildman–Crippen MR) is 78.4 cm³/mol. The van der Waals surface area contributed by atoms with Gasteiger partial charge in [-0.15, -0.1) is 0 Å². The summed E-state index contributed by atoms with van der Waals surface area (Å²) in [4.78, 5) is 0. The van der Waals surface area contributed by atoms with Crippen LogP contribution in [0.2, 0.25) is 0 Å². The van der Waals surface area contributed by atoms with Crippen molar-refractivity contribution < 1.29 is 22.3 Å². The van der Waals surface area contributed by atoms with Gasteiger partial charge in [0.2, 0.25) is 0 Å².